The van der Waals surface area contributed by atoms with Crippen LogP contribution in [0.3, 0.4) is 0 Å². The zero-order valence-electron chi connectivity index (χ0n) is 17.0. The van der Waals surface area contributed by atoms with E-state index >= 15 is 0 Å². The quantitative estimate of drug-likeness (QED) is 0.412. The van der Waals surface area contributed by atoms with E-state index in [9.17, 15) is 30.0 Å². The van der Waals surface area contributed by atoms with Gasteiger partial charge in [0.15, 0.2) is 5.82 Å². The standard InChI is InChI=1S/C22H14F3N3O4S2/c23-22(24,25)33(29,30)16-9-5-14(6-10-16)7-12-21-27-18-11-8-15(13-19(18)28-21)17-3-1-2-4-20(17)34(26,31)32/h1-6,8-11,13H,(H,27,28)(H2,26,31,32). The normalized spacial score (nSPS) is 12.4. The maximum Gasteiger partial charge on any atom is 0.501 e. The third kappa shape index (κ3) is 4.54. The summed E-state index contributed by atoms with van der Waals surface area (Å²) in [5.41, 5.74) is -2.98. The lowest BCUT2D eigenvalue weighted by Gasteiger charge is -2.07. The lowest BCUT2D eigenvalue weighted by atomic mass is 10.1. The molecule has 12 heteroatoms. The Labute approximate surface area is 192 Å². The summed E-state index contributed by atoms with van der Waals surface area (Å²) in [4.78, 5) is 6.39. The number of sulfone groups is 1. The second-order valence-electron chi connectivity index (χ2n) is 7.08. The number of hydrogen-bond acceptors (Lipinski definition) is 5. The molecule has 174 valence electrons. The number of H-pyrrole nitrogens is 1. The number of rotatable bonds is 3. The number of aromatic nitrogens is 2. The van der Waals surface area contributed by atoms with E-state index in [-0.39, 0.29) is 16.3 Å². The highest BCUT2D eigenvalue weighted by Gasteiger charge is 2.46. The van der Waals surface area contributed by atoms with Gasteiger partial charge in [0.05, 0.1) is 20.8 Å². The minimum atomic E-state index is -5.43. The van der Waals surface area contributed by atoms with Crippen LogP contribution in [0.15, 0.2) is 76.5 Å². The number of aromatic amines is 1. The number of nitrogens with zero attached hydrogens (tertiary/aromatic N) is 1. The molecule has 0 amide bonds. The van der Waals surface area contributed by atoms with Crippen molar-refractivity contribution in [2.24, 2.45) is 5.14 Å². The molecule has 0 fully saturated rings. The van der Waals surface area contributed by atoms with Gasteiger partial charge in [0.2, 0.25) is 10.0 Å². The summed E-state index contributed by atoms with van der Waals surface area (Å²) in [7, 11) is -9.37. The fourth-order valence-corrected chi connectivity index (χ4v) is 4.69. The number of fused-ring (bicyclic) bond motifs is 1. The number of nitrogens with one attached hydrogen (secondary N) is 1. The Bertz CT molecular complexity index is 1680. The zero-order valence-corrected chi connectivity index (χ0v) is 18.6. The van der Waals surface area contributed by atoms with Crippen molar-refractivity contribution in [1.82, 2.24) is 9.97 Å². The van der Waals surface area contributed by atoms with Gasteiger partial charge < -0.3 is 4.98 Å². The molecular formula is C22H14F3N3O4S2. The van der Waals surface area contributed by atoms with Crippen molar-refractivity contribution in [3.05, 3.63) is 78.1 Å². The number of sulfonamides is 1. The van der Waals surface area contributed by atoms with Gasteiger partial charge in [-0.3, -0.25) is 0 Å². The fourth-order valence-electron chi connectivity index (χ4n) is 3.17. The minimum absolute atomic E-state index is 0.0233. The van der Waals surface area contributed by atoms with Crippen LogP contribution in [0.5, 0.6) is 0 Å². The molecule has 0 bridgehead atoms. The molecule has 0 radical (unpaired) electrons. The predicted octanol–water partition coefficient (Wildman–Crippen LogP) is 3.57. The van der Waals surface area contributed by atoms with Gasteiger partial charge in [-0.15, -0.1) is 0 Å². The first-order valence-corrected chi connectivity index (χ1v) is 12.4. The molecule has 34 heavy (non-hydrogen) atoms. The molecule has 4 rings (SSSR count). The van der Waals surface area contributed by atoms with Gasteiger partial charge in [0.1, 0.15) is 0 Å². The van der Waals surface area contributed by atoms with Gasteiger partial charge in [-0.25, -0.2) is 27.0 Å². The first kappa shape index (κ1) is 23.5. The van der Waals surface area contributed by atoms with E-state index in [1.807, 2.05) is 0 Å². The van der Waals surface area contributed by atoms with E-state index < -0.39 is 30.3 Å². The van der Waals surface area contributed by atoms with Crippen LogP contribution in [0.4, 0.5) is 13.2 Å². The average Bonchev–Trinajstić information content (AvgIpc) is 3.19. The maximum absolute atomic E-state index is 12.6. The van der Waals surface area contributed by atoms with Gasteiger partial charge in [-0.1, -0.05) is 30.2 Å². The summed E-state index contributed by atoms with van der Waals surface area (Å²) in [6.45, 7) is 0. The number of benzene rings is 3. The molecular weight excluding hydrogens is 491 g/mol. The molecule has 0 aliphatic carbocycles. The van der Waals surface area contributed by atoms with E-state index in [1.165, 1.54) is 6.07 Å². The van der Waals surface area contributed by atoms with Gasteiger partial charge in [0.25, 0.3) is 9.84 Å². The summed E-state index contributed by atoms with van der Waals surface area (Å²) in [6.07, 6.45) is 0. The molecule has 7 nitrogen and oxygen atoms in total. The Hall–Kier alpha value is -3.66. The van der Waals surface area contributed by atoms with Gasteiger partial charge in [-0.2, -0.15) is 13.2 Å². The number of imidazole rings is 1. The first-order valence-electron chi connectivity index (χ1n) is 9.42. The van der Waals surface area contributed by atoms with Crippen LogP contribution in [-0.2, 0) is 19.9 Å². The van der Waals surface area contributed by atoms with Crippen molar-refractivity contribution < 1.29 is 30.0 Å². The van der Waals surface area contributed by atoms with E-state index in [0.29, 0.717) is 22.2 Å². The van der Waals surface area contributed by atoms with Crippen LogP contribution >= 0.6 is 0 Å². The molecule has 0 saturated heterocycles. The summed E-state index contributed by atoms with van der Waals surface area (Å²) < 4.78 is 84.6. The Morgan fingerprint density at radius 2 is 1.56 bits per heavy atom. The monoisotopic (exact) mass is 505 g/mol. The smallest absolute Gasteiger partial charge is 0.331 e. The van der Waals surface area contributed by atoms with Crippen LogP contribution in [-0.4, -0.2) is 32.3 Å². The van der Waals surface area contributed by atoms with Gasteiger partial charge >= 0.3 is 5.51 Å². The molecule has 4 aromatic rings. The molecule has 0 unspecified atom stereocenters. The fraction of sp³-hybridized carbons (Fsp3) is 0.0455. The van der Waals surface area contributed by atoms with Crippen LogP contribution in [0.2, 0.25) is 0 Å². The van der Waals surface area contributed by atoms with Crippen molar-refractivity contribution in [3.63, 3.8) is 0 Å². The predicted molar refractivity (Wildman–Crippen MR) is 119 cm³/mol. The van der Waals surface area contributed by atoms with Crippen LogP contribution < -0.4 is 5.14 Å². The second-order valence-corrected chi connectivity index (χ2v) is 10.6. The molecule has 0 spiro atoms. The van der Waals surface area contributed by atoms with Gasteiger partial charge in [0, 0.05) is 11.1 Å². The van der Waals surface area contributed by atoms with Crippen molar-refractivity contribution in [3.8, 4) is 23.0 Å². The molecule has 0 saturated carbocycles. The van der Waals surface area contributed by atoms with E-state index in [1.54, 1.807) is 36.4 Å². The van der Waals surface area contributed by atoms with E-state index in [2.05, 4.69) is 21.8 Å². The SMILES string of the molecule is NS(=O)(=O)c1ccccc1-c1ccc2nc(C#Cc3ccc(S(=O)(=O)C(F)(F)F)cc3)[nH]c2c1. The molecule has 1 aromatic heterocycles. The largest absolute Gasteiger partial charge is 0.501 e. The minimum Gasteiger partial charge on any atom is -0.331 e. The maximum atomic E-state index is 12.6. The average molecular weight is 505 g/mol. The molecule has 0 aliphatic heterocycles. The molecule has 0 atom stereocenters. The molecule has 1 heterocycles. The summed E-state index contributed by atoms with van der Waals surface area (Å²) in [5, 5.41) is 5.31. The Kier molecular flexibility index (Phi) is 5.72. The molecule has 3 aromatic carbocycles. The summed E-state index contributed by atoms with van der Waals surface area (Å²) in [5.74, 6) is 5.68. The second kappa shape index (κ2) is 8.28. The third-order valence-electron chi connectivity index (χ3n) is 4.78. The van der Waals surface area contributed by atoms with Gasteiger partial charge in [-0.05, 0) is 53.9 Å². The lowest BCUT2D eigenvalue weighted by Crippen LogP contribution is -2.23. The Balaban J connectivity index is 1.64. The summed E-state index contributed by atoms with van der Waals surface area (Å²) in [6, 6.07) is 15.3. The molecule has 3 N–H and O–H groups in total. The van der Waals surface area contributed by atoms with Crippen molar-refractivity contribution in [2.75, 3.05) is 0 Å². The summed E-state index contributed by atoms with van der Waals surface area (Å²) >= 11 is 0. The lowest BCUT2D eigenvalue weighted by molar-refractivity contribution is -0.0436. The highest BCUT2D eigenvalue weighted by Crippen LogP contribution is 2.30. The highest BCUT2D eigenvalue weighted by molar-refractivity contribution is 7.92. The highest BCUT2D eigenvalue weighted by atomic mass is 32.2. The third-order valence-corrected chi connectivity index (χ3v) is 7.25. The van der Waals surface area contributed by atoms with Crippen molar-refractivity contribution >= 4 is 30.9 Å². The Morgan fingerprint density at radius 1 is 0.882 bits per heavy atom. The topological polar surface area (TPSA) is 123 Å². The van der Waals surface area contributed by atoms with Crippen LogP contribution in [0.1, 0.15) is 11.4 Å². The first-order chi connectivity index (χ1) is 15.9. The number of hydrogen-bond donors (Lipinski definition) is 2. The van der Waals surface area contributed by atoms with Crippen LogP contribution in [0.25, 0.3) is 22.2 Å². The number of nitrogens with two attached hydrogens (primary N) is 1. The number of halogens is 3. The van der Waals surface area contributed by atoms with E-state index in [4.69, 9.17) is 5.14 Å². The molecule has 0 aliphatic rings. The van der Waals surface area contributed by atoms with Crippen LogP contribution in [0, 0.1) is 11.8 Å². The van der Waals surface area contributed by atoms with Crippen molar-refractivity contribution in [1.29, 1.82) is 0 Å². The number of alkyl halides is 3. The van der Waals surface area contributed by atoms with Crippen molar-refractivity contribution in [2.45, 2.75) is 15.3 Å². The Morgan fingerprint density at radius 3 is 2.21 bits per heavy atom. The van der Waals surface area contributed by atoms with E-state index in [0.717, 1.165) is 24.3 Å². The zero-order chi connectivity index (χ0) is 24.7. The number of primary sulfonamides is 1.